The van der Waals surface area contributed by atoms with Gasteiger partial charge in [0, 0.05) is 39.2 Å². The summed E-state index contributed by atoms with van der Waals surface area (Å²) in [4.78, 5) is 41.4. The lowest BCUT2D eigenvalue weighted by atomic mass is 10.2. The summed E-state index contributed by atoms with van der Waals surface area (Å²) in [5, 5.41) is 0.701. The summed E-state index contributed by atoms with van der Waals surface area (Å²) >= 11 is 7.89. The van der Waals surface area contributed by atoms with E-state index in [4.69, 9.17) is 11.6 Å². The molecule has 1 aliphatic carbocycles. The van der Waals surface area contributed by atoms with Crippen LogP contribution in [0.1, 0.15) is 30.6 Å². The third-order valence-corrected chi connectivity index (χ3v) is 6.32. The molecule has 1 aromatic heterocycles. The zero-order chi connectivity index (χ0) is 19.0. The second-order valence-electron chi connectivity index (χ2n) is 6.87. The number of rotatable bonds is 6. The Balaban J connectivity index is 1.48. The molecule has 140 valence electrons. The number of carbonyl (C=O) groups excluding carboxylic acids is 3. The van der Waals surface area contributed by atoms with Gasteiger partial charge in [-0.15, -0.1) is 11.3 Å². The molecular formula is C20H19ClN2O3S. The molecule has 0 N–H and O–H groups in total. The number of benzene rings is 1. The standard InChI is InChI=1S/C20H19ClN2O3S/c21-16-4-2-1-3-15(16)17-8-7-14(27-17)11-22(13-5-6-13)20(26)12-23-18(24)9-10-19(23)25/h1-4,7-8,13H,5-6,9-12H2. The predicted molar refractivity (Wildman–Crippen MR) is 104 cm³/mol. The van der Waals surface area contributed by atoms with Crippen molar-refractivity contribution in [3.8, 4) is 10.4 Å². The predicted octanol–water partition coefficient (Wildman–Crippen LogP) is 3.71. The molecule has 1 aromatic carbocycles. The van der Waals surface area contributed by atoms with Crippen molar-refractivity contribution in [2.24, 2.45) is 0 Å². The van der Waals surface area contributed by atoms with E-state index in [1.165, 1.54) is 0 Å². The Bertz CT molecular complexity index is 890. The van der Waals surface area contributed by atoms with Crippen molar-refractivity contribution in [2.45, 2.75) is 38.3 Å². The van der Waals surface area contributed by atoms with Crippen LogP contribution in [0.3, 0.4) is 0 Å². The quantitative estimate of drug-likeness (QED) is 0.692. The Labute approximate surface area is 166 Å². The Hall–Kier alpha value is -2.18. The van der Waals surface area contributed by atoms with Crippen LogP contribution in [0.25, 0.3) is 10.4 Å². The lowest BCUT2D eigenvalue weighted by Gasteiger charge is -2.24. The molecule has 0 unspecified atom stereocenters. The first-order valence-electron chi connectivity index (χ1n) is 8.99. The smallest absolute Gasteiger partial charge is 0.243 e. The van der Waals surface area contributed by atoms with Crippen molar-refractivity contribution in [3.05, 3.63) is 46.3 Å². The first kappa shape index (κ1) is 18.2. The number of hydrogen-bond acceptors (Lipinski definition) is 4. The SMILES string of the molecule is O=C1CCC(=O)N1CC(=O)N(Cc1ccc(-c2ccccc2Cl)s1)C1CC1. The van der Waals surface area contributed by atoms with Gasteiger partial charge in [-0.25, -0.2) is 0 Å². The largest absolute Gasteiger partial charge is 0.333 e. The zero-order valence-corrected chi connectivity index (χ0v) is 16.3. The number of likely N-dealkylation sites (tertiary alicyclic amines) is 1. The summed E-state index contributed by atoms with van der Waals surface area (Å²) in [6.45, 7) is 0.353. The Morgan fingerprint density at radius 3 is 2.48 bits per heavy atom. The van der Waals surface area contributed by atoms with Crippen LogP contribution < -0.4 is 0 Å². The highest BCUT2D eigenvalue weighted by Crippen LogP contribution is 2.35. The van der Waals surface area contributed by atoms with Crippen LogP contribution in [-0.2, 0) is 20.9 Å². The van der Waals surface area contributed by atoms with Crippen LogP contribution in [0.5, 0.6) is 0 Å². The summed E-state index contributed by atoms with van der Waals surface area (Å²) in [5.41, 5.74) is 0.980. The summed E-state index contributed by atoms with van der Waals surface area (Å²) in [6, 6.07) is 11.9. The summed E-state index contributed by atoms with van der Waals surface area (Å²) in [6.07, 6.45) is 2.36. The fraction of sp³-hybridized carbons (Fsp3) is 0.350. The molecule has 0 radical (unpaired) electrons. The lowest BCUT2D eigenvalue weighted by molar-refractivity contribution is -0.146. The van der Waals surface area contributed by atoms with E-state index in [2.05, 4.69) is 0 Å². The molecule has 1 aliphatic heterocycles. The van der Waals surface area contributed by atoms with Crippen molar-refractivity contribution in [1.29, 1.82) is 0 Å². The molecule has 2 heterocycles. The highest BCUT2D eigenvalue weighted by atomic mass is 35.5. The van der Waals surface area contributed by atoms with E-state index in [-0.39, 0.29) is 43.1 Å². The fourth-order valence-corrected chi connectivity index (χ4v) is 4.61. The number of halogens is 1. The molecule has 2 fully saturated rings. The van der Waals surface area contributed by atoms with Gasteiger partial charge in [0.2, 0.25) is 17.7 Å². The second-order valence-corrected chi connectivity index (χ2v) is 8.45. The zero-order valence-electron chi connectivity index (χ0n) is 14.7. The molecule has 1 saturated heterocycles. The Morgan fingerprint density at radius 2 is 1.81 bits per heavy atom. The minimum atomic E-state index is -0.249. The van der Waals surface area contributed by atoms with Gasteiger partial charge in [0.25, 0.3) is 0 Å². The van der Waals surface area contributed by atoms with Crippen LogP contribution in [0.4, 0.5) is 0 Å². The van der Waals surface area contributed by atoms with Gasteiger partial charge in [0.1, 0.15) is 6.54 Å². The fourth-order valence-electron chi connectivity index (χ4n) is 3.27. The van der Waals surface area contributed by atoms with E-state index < -0.39 is 0 Å². The maximum absolute atomic E-state index is 12.8. The number of amides is 3. The number of carbonyl (C=O) groups is 3. The molecule has 0 atom stereocenters. The second kappa shape index (κ2) is 7.44. The highest BCUT2D eigenvalue weighted by molar-refractivity contribution is 7.15. The first-order chi connectivity index (χ1) is 13.0. The minimum Gasteiger partial charge on any atom is -0.333 e. The summed E-state index contributed by atoms with van der Waals surface area (Å²) in [5.74, 6) is -0.656. The van der Waals surface area contributed by atoms with Crippen molar-refractivity contribution < 1.29 is 14.4 Å². The monoisotopic (exact) mass is 402 g/mol. The van der Waals surface area contributed by atoms with Crippen molar-refractivity contribution in [1.82, 2.24) is 9.80 Å². The molecule has 2 aliphatic rings. The Kier molecular flexibility index (Phi) is 5.02. The summed E-state index contributed by atoms with van der Waals surface area (Å²) < 4.78 is 0. The highest BCUT2D eigenvalue weighted by Gasteiger charge is 2.37. The van der Waals surface area contributed by atoms with Crippen molar-refractivity contribution >= 4 is 40.7 Å². The average molecular weight is 403 g/mol. The van der Waals surface area contributed by atoms with Crippen LogP contribution in [0.15, 0.2) is 36.4 Å². The lowest BCUT2D eigenvalue weighted by Crippen LogP contribution is -2.43. The molecule has 7 heteroatoms. The van der Waals surface area contributed by atoms with E-state index in [0.29, 0.717) is 11.6 Å². The van der Waals surface area contributed by atoms with E-state index in [1.807, 2.05) is 36.4 Å². The number of hydrogen-bond donors (Lipinski definition) is 0. The molecule has 5 nitrogen and oxygen atoms in total. The van der Waals surface area contributed by atoms with E-state index >= 15 is 0 Å². The minimum absolute atomic E-state index is 0.142. The molecule has 2 aromatic rings. The molecule has 0 bridgehead atoms. The van der Waals surface area contributed by atoms with Crippen molar-refractivity contribution in [3.63, 3.8) is 0 Å². The van der Waals surface area contributed by atoms with Crippen LogP contribution in [0.2, 0.25) is 5.02 Å². The van der Waals surface area contributed by atoms with Gasteiger partial charge in [-0.1, -0.05) is 29.8 Å². The normalized spacial score (nSPS) is 16.9. The van der Waals surface area contributed by atoms with Gasteiger partial charge in [0.05, 0.1) is 6.54 Å². The third-order valence-electron chi connectivity index (χ3n) is 4.88. The maximum Gasteiger partial charge on any atom is 0.243 e. The van der Waals surface area contributed by atoms with Crippen LogP contribution in [0, 0.1) is 0 Å². The molecule has 1 saturated carbocycles. The van der Waals surface area contributed by atoms with Crippen molar-refractivity contribution in [2.75, 3.05) is 6.54 Å². The molecule has 3 amide bonds. The Morgan fingerprint density at radius 1 is 1.11 bits per heavy atom. The van der Waals surface area contributed by atoms with Gasteiger partial charge in [0.15, 0.2) is 0 Å². The number of thiophene rings is 1. The van der Waals surface area contributed by atoms with Gasteiger partial charge < -0.3 is 4.90 Å². The first-order valence-corrected chi connectivity index (χ1v) is 10.2. The molecule has 0 spiro atoms. The van der Waals surface area contributed by atoms with Crippen LogP contribution in [-0.4, -0.2) is 40.1 Å². The topological polar surface area (TPSA) is 57.7 Å². The molecular weight excluding hydrogens is 384 g/mol. The van der Waals surface area contributed by atoms with E-state index in [0.717, 1.165) is 33.1 Å². The van der Waals surface area contributed by atoms with Gasteiger partial charge in [-0.05, 0) is 31.0 Å². The van der Waals surface area contributed by atoms with Gasteiger partial charge >= 0.3 is 0 Å². The average Bonchev–Trinajstić information content (AvgIpc) is 3.32. The number of nitrogens with zero attached hydrogens (tertiary/aromatic N) is 2. The summed E-state index contributed by atoms with van der Waals surface area (Å²) in [7, 11) is 0. The van der Waals surface area contributed by atoms with Gasteiger partial charge in [-0.2, -0.15) is 0 Å². The number of imide groups is 1. The molecule has 4 rings (SSSR count). The third kappa shape index (κ3) is 3.92. The van der Waals surface area contributed by atoms with E-state index in [9.17, 15) is 14.4 Å². The molecule has 27 heavy (non-hydrogen) atoms. The van der Waals surface area contributed by atoms with E-state index in [1.54, 1.807) is 16.2 Å². The van der Waals surface area contributed by atoms with Gasteiger partial charge in [-0.3, -0.25) is 19.3 Å². The maximum atomic E-state index is 12.8. The van der Waals surface area contributed by atoms with Crippen LogP contribution >= 0.6 is 22.9 Å².